The minimum absolute atomic E-state index is 0.302. The van der Waals surface area contributed by atoms with E-state index >= 15 is 0 Å². The van der Waals surface area contributed by atoms with Crippen LogP contribution in [0.4, 0.5) is 0 Å². The summed E-state index contributed by atoms with van der Waals surface area (Å²) in [5.74, 6) is 0. The second-order valence-corrected chi connectivity index (χ2v) is 5.54. The first kappa shape index (κ1) is 12.4. The number of hydrogen-bond acceptors (Lipinski definition) is 3. The molecule has 0 saturated carbocycles. The van der Waals surface area contributed by atoms with Crippen LogP contribution in [0.3, 0.4) is 0 Å². The van der Waals surface area contributed by atoms with Crippen molar-refractivity contribution in [2.45, 2.75) is 13.5 Å². The van der Waals surface area contributed by atoms with Crippen molar-refractivity contribution < 1.29 is 4.74 Å². The van der Waals surface area contributed by atoms with E-state index in [0.29, 0.717) is 5.41 Å². The van der Waals surface area contributed by atoms with Crippen molar-refractivity contribution >= 4 is 0 Å². The van der Waals surface area contributed by atoms with Crippen LogP contribution in [0, 0.1) is 5.41 Å². The lowest BCUT2D eigenvalue weighted by Gasteiger charge is -2.38. The van der Waals surface area contributed by atoms with Gasteiger partial charge >= 0.3 is 0 Å². The van der Waals surface area contributed by atoms with Gasteiger partial charge in [0.25, 0.3) is 0 Å². The Kier molecular flexibility index (Phi) is 3.36. The molecule has 0 bridgehead atoms. The van der Waals surface area contributed by atoms with Crippen LogP contribution in [0.2, 0.25) is 0 Å². The lowest BCUT2D eigenvalue weighted by Crippen LogP contribution is -2.47. The Hall–Kier alpha value is -1.65. The summed E-state index contributed by atoms with van der Waals surface area (Å²) < 4.78 is 5.26. The zero-order chi connectivity index (χ0) is 13.1. The Balaban J connectivity index is 1.64. The fourth-order valence-electron chi connectivity index (χ4n) is 2.35. The molecule has 2 aromatic rings. The summed E-state index contributed by atoms with van der Waals surface area (Å²) in [5, 5.41) is 10.7. The van der Waals surface area contributed by atoms with Crippen molar-refractivity contribution in [2.24, 2.45) is 5.41 Å². The Labute approximate surface area is 113 Å². The van der Waals surface area contributed by atoms with Gasteiger partial charge in [-0.15, -0.1) is 0 Å². The van der Waals surface area contributed by atoms with Crippen LogP contribution in [-0.4, -0.2) is 30.0 Å². The summed E-state index contributed by atoms with van der Waals surface area (Å²) >= 11 is 0. The zero-order valence-corrected chi connectivity index (χ0v) is 11.1. The molecule has 1 fully saturated rings. The molecule has 19 heavy (non-hydrogen) atoms. The quantitative estimate of drug-likeness (QED) is 0.863. The van der Waals surface area contributed by atoms with E-state index in [4.69, 9.17) is 4.74 Å². The maximum atomic E-state index is 5.26. The summed E-state index contributed by atoms with van der Waals surface area (Å²) in [6.07, 6.45) is 1.90. The molecule has 1 saturated heterocycles. The van der Waals surface area contributed by atoms with E-state index < -0.39 is 0 Å². The Morgan fingerprint density at radius 3 is 2.79 bits per heavy atom. The molecule has 0 atom stereocenters. The molecular formula is C15H19N3O. The first-order valence-corrected chi connectivity index (χ1v) is 6.63. The van der Waals surface area contributed by atoms with E-state index in [1.165, 1.54) is 11.1 Å². The van der Waals surface area contributed by atoms with Gasteiger partial charge < -0.3 is 10.1 Å². The van der Waals surface area contributed by atoms with Crippen LogP contribution in [0.15, 0.2) is 36.5 Å². The Morgan fingerprint density at radius 2 is 2.11 bits per heavy atom. The summed E-state index contributed by atoms with van der Waals surface area (Å²) in [7, 11) is 0. The van der Waals surface area contributed by atoms with Crippen LogP contribution in [-0.2, 0) is 11.3 Å². The van der Waals surface area contributed by atoms with Gasteiger partial charge in [0.05, 0.1) is 25.1 Å². The van der Waals surface area contributed by atoms with Crippen molar-refractivity contribution in [3.63, 3.8) is 0 Å². The van der Waals surface area contributed by atoms with Crippen LogP contribution in [0.1, 0.15) is 12.5 Å². The van der Waals surface area contributed by atoms with Gasteiger partial charge in [0.15, 0.2) is 0 Å². The Bertz CT molecular complexity index is 531. The van der Waals surface area contributed by atoms with E-state index in [9.17, 15) is 0 Å². The topological polar surface area (TPSA) is 49.9 Å². The number of nitrogens with one attached hydrogen (secondary N) is 2. The van der Waals surface area contributed by atoms with Gasteiger partial charge in [-0.05, 0) is 5.56 Å². The highest BCUT2D eigenvalue weighted by atomic mass is 16.5. The number of ether oxygens (including phenoxy) is 1. The molecule has 0 radical (unpaired) electrons. The molecule has 1 aliphatic heterocycles. The highest BCUT2D eigenvalue weighted by Gasteiger charge is 2.32. The number of nitrogens with zero attached hydrogens (tertiary/aromatic N) is 1. The average Bonchev–Trinajstić information content (AvgIpc) is 2.86. The second kappa shape index (κ2) is 5.15. The van der Waals surface area contributed by atoms with E-state index in [0.717, 1.165) is 32.0 Å². The van der Waals surface area contributed by atoms with Crippen LogP contribution >= 0.6 is 0 Å². The third kappa shape index (κ3) is 2.69. The first-order chi connectivity index (χ1) is 9.27. The molecular weight excluding hydrogens is 238 g/mol. The number of hydrogen-bond donors (Lipinski definition) is 2. The number of rotatable bonds is 5. The minimum atomic E-state index is 0.302. The summed E-state index contributed by atoms with van der Waals surface area (Å²) in [5.41, 5.74) is 3.78. The van der Waals surface area contributed by atoms with Crippen LogP contribution in [0.25, 0.3) is 11.3 Å². The fourth-order valence-corrected chi connectivity index (χ4v) is 2.35. The molecule has 100 valence electrons. The normalized spacial score (nSPS) is 17.1. The molecule has 2 heterocycles. The molecule has 2 N–H and O–H groups in total. The average molecular weight is 257 g/mol. The molecule has 1 aromatic carbocycles. The SMILES string of the molecule is CC1(CNCc2cn[nH]c2-c2ccccc2)COC1. The lowest BCUT2D eigenvalue weighted by atomic mass is 9.89. The highest BCUT2D eigenvalue weighted by molar-refractivity contribution is 5.62. The van der Waals surface area contributed by atoms with E-state index in [2.05, 4.69) is 34.6 Å². The Morgan fingerprint density at radius 1 is 1.32 bits per heavy atom. The van der Waals surface area contributed by atoms with E-state index in [1.54, 1.807) is 0 Å². The molecule has 4 heteroatoms. The number of H-pyrrole nitrogens is 1. The summed E-state index contributed by atoms with van der Waals surface area (Å²) in [6.45, 7) is 5.77. The number of benzene rings is 1. The van der Waals surface area contributed by atoms with E-state index in [-0.39, 0.29) is 0 Å². The summed E-state index contributed by atoms with van der Waals surface area (Å²) in [4.78, 5) is 0. The maximum absolute atomic E-state index is 5.26. The van der Waals surface area contributed by atoms with Gasteiger partial charge in [-0.3, -0.25) is 5.10 Å². The standard InChI is InChI=1S/C15H19N3O/c1-15(10-19-11-15)9-16-7-13-8-17-18-14(13)12-5-3-2-4-6-12/h2-6,8,16H,7,9-11H2,1H3,(H,17,18). The first-order valence-electron chi connectivity index (χ1n) is 6.63. The molecule has 1 aliphatic rings. The summed E-state index contributed by atoms with van der Waals surface area (Å²) in [6, 6.07) is 10.3. The minimum Gasteiger partial charge on any atom is -0.380 e. The smallest absolute Gasteiger partial charge is 0.0695 e. The lowest BCUT2D eigenvalue weighted by molar-refractivity contribution is -0.0991. The molecule has 3 rings (SSSR count). The van der Waals surface area contributed by atoms with Gasteiger partial charge in [-0.2, -0.15) is 5.10 Å². The predicted octanol–water partition coefficient (Wildman–Crippen LogP) is 2.20. The van der Waals surface area contributed by atoms with Crippen molar-refractivity contribution in [1.82, 2.24) is 15.5 Å². The fraction of sp³-hybridized carbons (Fsp3) is 0.400. The third-order valence-electron chi connectivity index (χ3n) is 3.55. The largest absolute Gasteiger partial charge is 0.380 e. The molecule has 4 nitrogen and oxygen atoms in total. The van der Waals surface area contributed by atoms with Gasteiger partial charge in [0, 0.05) is 24.1 Å². The van der Waals surface area contributed by atoms with Crippen LogP contribution in [0.5, 0.6) is 0 Å². The van der Waals surface area contributed by atoms with Crippen molar-refractivity contribution in [3.05, 3.63) is 42.1 Å². The highest BCUT2D eigenvalue weighted by Crippen LogP contribution is 2.26. The molecule has 0 amide bonds. The monoisotopic (exact) mass is 257 g/mol. The van der Waals surface area contributed by atoms with Gasteiger partial charge in [-0.25, -0.2) is 0 Å². The van der Waals surface area contributed by atoms with Gasteiger partial charge in [0.2, 0.25) is 0 Å². The predicted molar refractivity (Wildman–Crippen MR) is 74.7 cm³/mol. The van der Waals surface area contributed by atoms with Gasteiger partial charge in [0.1, 0.15) is 0 Å². The van der Waals surface area contributed by atoms with Crippen molar-refractivity contribution in [2.75, 3.05) is 19.8 Å². The number of aromatic amines is 1. The molecule has 0 spiro atoms. The second-order valence-electron chi connectivity index (χ2n) is 5.54. The number of aromatic nitrogens is 2. The van der Waals surface area contributed by atoms with Crippen molar-refractivity contribution in [3.8, 4) is 11.3 Å². The van der Waals surface area contributed by atoms with E-state index in [1.807, 2.05) is 24.4 Å². The molecule has 0 aliphatic carbocycles. The van der Waals surface area contributed by atoms with Gasteiger partial charge in [-0.1, -0.05) is 37.3 Å². The molecule has 1 aromatic heterocycles. The zero-order valence-electron chi connectivity index (χ0n) is 11.1. The third-order valence-corrected chi connectivity index (χ3v) is 3.55. The maximum Gasteiger partial charge on any atom is 0.0695 e. The van der Waals surface area contributed by atoms with Crippen molar-refractivity contribution in [1.29, 1.82) is 0 Å². The molecule has 0 unspecified atom stereocenters. The van der Waals surface area contributed by atoms with Crippen LogP contribution < -0.4 is 5.32 Å².